The summed E-state index contributed by atoms with van der Waals surface area (Å²) in [6, 6.07) is 0. The molecule has 2 aliphatic carbocycles. The Morgan fingerprint density at radius 3 is 2.14 bits per heavy atom. The molecule has 0 aliphatic heterocycles. The Labute approximate surface area is 44.9 Å². The van der Waals surface area contributed by atoms with Gasteiger partial charge in [-0.1, -0.05) is 6.92 Å². The van der Waals surface area contributed by atoms with Gasteiger partial charge in [-0.25, -0.2) is 0 Å². The van der Waals surface area contributed by atoms with Crippen LogP contribution in [0.1, 0.15) is 26.2 Å². The molecule has 0 aromatic heterocycles. The van der Waals surface area contributed by atoms with E-state index in [9.17, 15) is 0 Å². The van der Waals surface area contributed by atoms with Gasteiger partial charge in [0.2, 0.25) is 0 Å². The van der Waals surface area contributed by atoms with Crippen molar-refractivity contribution >= 4 is 0 Å². The molecule has 0 spiro atoms. The van der Waals surface area contributed by atoms with Crippen LogP contribution in [-0.2, 0) is 0 Å². The number of rotatable bonds is 0. The maximum atomic E-state index is 2.39. The van der Waals surface area contributed by atoms with E-state index in [1.54, 1.807) is 19.3 Å². The molecule has 2 unspecified atom stereocenters. The highest BCUT2D eigenvalue weighted by molar-refractivity contribution is 4.94. The van der Waals surface area contributed by atoms with Gasteiger partial charge < -0.3 is 0 Å². The summed E-state index contributed by atoms with van der Waals surface area (Å²) in [6.45, 7) is 2.39. The molecule has 40 valence electrons. The largest absolute Gasteiger partial charge is 0.0622 e. The highest BCUT2D eigenvalue weighted by Crippen LogP contribution is 2.53. The van der Waals surface area contributed by atoms with Gasteiger partial charge in [-0.3, -0.25) is 0 Å². The molecule has 0 N–H and O–H groups in total. The van der Waals surface area contributed by atoms with E-state index in [-0.39, 0.29) is 0 Å². The van der Waals surface area contributed by atoms with Crippen molar-refractivity contribution in [1.29, 1.82) is 0 Å². The minimum atomic E-state index is 1.10. The van der Waals surface area contributed by atoms with Crippen LogP contribution >= 0.6 is 0 Å². The van der Waals surface area contributed by atoms with Crippen LogP contribution in [0.3, 0.4) is 0 Å². The molecule has 2 rings (SSSR count). The molecule has 2 aliphatic rings. The Bertz CT molecular complexity index is 82.0. The number of fused-ring (bicyclic) bond motifs is 1. The maximum absolute atomic E-state index is 2.39. The average molecular weight is 96.2 g/mol. The zero-order valence-electron chi connectivity index (χ0n) is 4.85. The van der Waals surface area contributed by atoms with Crippen LogP contribution in [0, 0.1) is 17.8 Å². The fraction of sp³-hybridized carbons (Fsp3) is 1.00. The Morgan fingerprint density at radius 1 is 1.29 bits per heavy atom. The van der Waals surface area contributed by atoms with Crippen LogP contribution in [0.15, 0.2) is 0 Å². The first-order valence-corrected chi connectivity index (χ1v) is 3.38. The molecule has 2 saturated carbocycles. The topological polar surface area (TPSA) is 0 Å². The van der Waals surface area contributed by atoms with Gasteiger partial charge in [-0.05, 0) is 37.0 Å². The Kier molecular flexibility index (Phi) is 0.586. The zero-order chi connectivity index (χ0) is 4.85. The molecular weight excluding hydrogens is 84.1 g/mol. The van der Waals surface area contributed by atoms with Gasteiger partial charge in [-0.15, -0.1) is 0 Å². The van der Waals surface area contributed by atoms with Crippen molar-refractivity contribution in [2.45, 2.75) is 26.2 Å². The summed E-state index contributed by atoms with van der Waals surface area (Å²) in [5.74, 6) is 3.47. The minimum Gasteiger partial charge on any atom is -0.0622 e. The minimum absolute atomic E-state index is 1.10. The SMILES string of the molecule is CC1CC2CC[C@H]12. The second-order valence-corrected chi connectivity index (χ2v) is 3.21. The van der Waals surface area contributed by atoms with E-state index in [1.807, 2.05) is 0 Å². The number of hydrogen-bond donors (Lipinski definition) is 0. The summed E-state index contributed by atoms with van der Waals surface area (Å²) >= 11 is 0. The third-order valence-electron chi connectivity index (χ3n) is 2.88. The lowest BCUT2D eigenvalue weighted by Crippen LogP contribution is -2.42. The molecule has 0 aromatic carbocycles. The van der Waals surface area contributed by atoms with E-state index in [0.29, 0.717) is 0 Å². The van der Waals surface area contributed by atoms with E-state index in [2.05, 4.69) is 6.92 Å². The molecule has 0 heterocycles. The normalized spacial score (nSPS) is 57.0. The summed E-state index contributed by atoms with van der Waals surface area (Å²) < 4.78 is 0. The summed E-state index contributed by atoms with van der Waals surface area (Å²) in [5, 5.41) is 0. The van der Waals surface area contributed by atoms with Gasteiger partial charge >= 0.3 is 0 Å². The molecule has 2 fully saturated rings. The van der Waals surface area contributed by atoms with Crippen molar-refractivity contribution in [3.8, 4) is 0 Å². The van der Waals surface area contributed by atoms with Crippen LogP contribution in [0.4, 0.5) is 0 Å². The molecule has 0 aromatic rings. The van der Waals surface area contributed by atoms with Crippen molar-refractivity contribution in [2.75, 3.05) is 0 Å². The Morgan fingerprint density at radius 2 is 2.14 bits per heavy atom. The first kappa shape index (κ1) is 3.94. The lowest BCUT2D eigenvalue weighted by atomic mass is 9.54. The van der Waals surface area contributed by atoms with Gasteiger partial charge in [0.1, 0.15) is 0 Å². The van der Waals surface area contributed by atoms with Crippen LogP contribution in [0.25, 0.3) is 0 Å². The second-order valence-electron chi connectivity index (χ2n) is 3.21. The maximum Gasteiger partial charge on any atom is -0.0360 e. The summed E-state index contributed by atoms with van der Waals surface area (Å²) in [7, 11) is 0. The standard InChI is InChI=1S/C7H12/c1-5-4-6-2-3-7(5)6/h5-7H,2-4H2,1H3/t5?,6?,7-/m1/s1. The monoisotopic (exact) mass is 96.1 g/mol. The highest BCUT2D eigenvalue weighted by atomic mass is 14.5. The molecule has 3 atom stereocenters. The van der Waals surface area contributed by atoms with E-state index in [0.717, 1.165) is 5.92 Å². The van der Waals surface area contributed by atoms with Crippen LogP contribution < -0.4 is 0 Å². The van der Waals surface area contributed by atoms with E-state index < -0.39 is 0 Å². The Balaban J connectivity index is 1.99. The first-order chi connectivity index (χ1) is 3.38. The lowest BCUT2D eigenvalue weighted by molar-refractivity contribution is -0.0138. The van der Waals surface area contributed by atoms with Crippen molar-refractivity contribution in [3.05, 3.63) is 0 Å². The van der Waals surface area contributed by atoms with Crippen LogP contribution in [-0.4, -0.2) is 0 Å². The van der Waals surface area contributed by atoms with Gasteiger partial charge in [-0.2, -0.15) is 0 Å². The number of hydrogen-bond acceptors (Lipinski definition) is 0. The molecule has 0 radical (unpaired) electrons. The van der Waals surface area contributed by atoms with Gasteiger partial charge in [0.25, 0.3) is 0 Å². The van der Waals surface area contributed by atoms with Crippen LogP contribution in [0.5, 0.6) is 0 Å². The van der Waals surface area contributed by atoms with Gasteiger partial charge in [0.05, 0.1) is 0 Å². The fourth-order valence-corrected chi connectivity index (χ4v) is 2.09. The average Bonchev–Trinajstić information content (AvgIpc) is 1.59. The van der Waals surface area contributed by atoms with E-state index >= 15 is 0 Å². The second kappa shape index (κ2) is 1.04. The third kappa shape index (κ3) is 0.332. The van der Waals surface area contributed by atoms with Crippen molar-refractivity contribution in [3.63, 3.8) is 0 Å². The van der Waals surface area contributed by atoms with E-state index in [4.69, 9.17) is 0 Å². The molecule has 0 heteroatoms. The molecule has 7 heavy (non-hydrogen) atoms. The highest BCUT2D eigenvalue weighted by Gasteiger charge is 2.43. The smallest absolute Gasteiger partial charge is 0.0360 e. The van der Waals surface area contributed by atoms with Crippen molar-refractivity contribution in [1.82, 2.24) is 0 Å². The fourth-order valence-electron chi connectivity index (χ4n) is 2.09. The Hall–Kier alpha value is 0. The summed E-state index contributed by atoms with van der Waals surface area (Å²) in [5.41, 5.74) is 0. The summed E-state index contributed by atoms with van der Waals surface area (Å²) in [6.07, 6.45) is 4.64. The van der Waals surface area contributed by atoms with Gasteiger partial charge in [0.15, 0.2) is 0 Å². The van der Waals surface area contributed by atoms with Gasteiger partial charge in [0, 0.05) is 0 Å². The third-order valence-corrected chi connectivity index (χ3v) is 2.88. The predicted molar refractivity (Wildman–Crippen MR) is 30.0 cm³/mol. The van der Waals surface area contributed by atoms with Crippen molar-refractivity contribution < 1.29 is 0 Å². The lowest BCUT2D eigenvalue weighted by Gasteiger charge is -2.51. The zero-order valence-corrected chi connectivity index (χ0v) is 4.85. The summed E-state index contributed by atoms with van der Waals surface area (Å²) in [4.78, 5) is 0. The first-order valence-electron chi connectivity index (χ1n) is 3.38. The predicted octanol–water partition coefficient (Wildman–Crippen LogP) is 2.05. The van der Waals surface area contributed by atoms with E-state index in [1.165, 1.54) is 11.8 Å². The van der Waals surface area contributed by atoms with Crippen molar-refractivity contribution in [2.24, 2.45) is 17.8 Å². The molecule has 0 bridgehead atoms. The van der Waals surface area contributed by atoms with Crippen LogP contribution in [0.2, 0.25) is 0 Å². The molecule has 0 nitrogen and oxygen atoms in total. The molecule has 0 saturated heterocycles. The quantitative estimate of drug-likeness (QED) is 0.433. The molecule has 0 amide bonds. The molecular formula is C7H12.